The highest BCUT2D eigenvalue weighted by molar-refractivity contribution is 7.91. The van der Waals surface area contributed by atoms with Crippen molar-refractivity contribution in [3.63, 3.8) is 0 Å². The maximum Gasteiger partial charge on any atom is 0.318 e. The Morgan fingerprint density at radius 2 is 2.25 bits per heavy atom. The van der Waals surface area contributed by atoms with Crippen LogP contribution in [-0.2, 0) is 14.8 Å². The molecule has 0 atom stereocenters. The van der Waals surface area contributed by atoms with Crippen molar-refractivity contribution in [2.45, 2.75) is 23.1 Å². The van der Waals surface area contributed by atoms with Gasteiger partial charge in [0.2, 0.25) is 0 Å². The lowest BCUT2D eigenvalue weighted by molar-refractivity contribution is -0.137. The molecule has 5 nitrogen and oxygen atoms in total. The number of thiophene rings is 1. The van der Waals surface area contributed by atoms with E-state index in [4.69, 9.17) is 5.11 Å². The van der Waals surface area contributed by atoms with E-state index in [9.17, 15) is 13.2 Å². The van der Waals surface area contributed by atoms with Crippen molar-refractivity contribution in [2.24, 2.45) is 0 Å². The van der Waals surface area contributed by atoms with Crippen molar-refractivity contribution in [1.29, 1.82) is 0 Å². The second kappa shape index (κ2) is 4.15. The molecular formula is C9H11NO4S2. The summed E-state index contributed by atoms with van der Waals surface area (Å²) in [6.45, 7) is -0.453. The number of carbonyl (C=O) groups is 1. The van der Waals surface area contributed by atoms with Gasteiger partial charge in [-0.2, -0.15) is 4.31 Å². The molecule has 0 aromatic carbocycles. The van der Waals surface area contributed by atoms with E-state index in [0.29, 0.717) is 0 Å². The quantitative estimate of drug-likeness (QED) is 0.857. The minimum atomic E-state index is -3.62. The van der Waals surface area contributed by atoms with Gasteiger partial charge in [-0.25, -0.2) is 8.42 Å². The normalized spacial score (nSPS) is 16.6. The number of rotatable bonds is 5. The van der Waals surface area contributed by atoms with Crippen LogP contribution >= 0.6 is 11.3 Å². The predicted octanol–water partition coefficient (Wildman–Crippen LogP) is 0.986. The third kappa shape index (κ3) is 2.26. The fraction of sp³-hybridized carbons (Fsp3) is 0.444. The van der Waals surface area contributed by atoms with Gasteiger partial charge < -0.3 is 5.11 Å². The van der Waals surface area contributed by atoms with Gasteiger partial charge >= 0.3 is 5.97 Å². The smallest absolute Gasteiger partial charge is 0.318 e. The maximum atomic E-state index is 12.1. The third-order valence-electron chi connectivity index (χ3n) is 2.30. The Morgan fingerprint density at radius 3 is 2.69 bits per heavy atom. The number of aliphatic carboxylic acids is 1. The average molecular weight is 261 g/mol. The minimum Gasteiger partial charge on any atom is -0.480 e. The Labute approximate surface area is 97.4 Å². The molecule has 1 fully saturated rings. The van der Waals surface area contributed by atoms with E-state index < -0.39 is 22.5 Å². The number of carboxylic acids is 1. The molecule has 1 aliphatic carbocycles. The van der Waals surface area contributed by atoms with Crippen LogP contribution in [-0.4, -0.2) is 36.4 Å². The molecule has 0 amide bonds. The van der Waals surface area contributed by atoms with Gasteiger partial charge in [-0.1, -0.05) is 6.07 Å². The van der Waals surface area contributed by atoms with E-state index in [1.165, 1.54) is 6.07 Å². The monoisotopic (exact) mass is 261 g/mol. The third-order valence-corrected chi connectivity index (χ3v) is 5.57. The van der Waals surface area contributed by atoms with Crippen molar-refractivity contribution in [2.75, 3.05) is 6.54 Å². The molecule has 0 spiro atoms. The molecule has 1 aromatic heterocycles. The van der Waals surface area contributed by atoms with E-state index in [1.807, 2.05) is 0 Å². The molecule has 1 saturated carbocycles. The van der Waals surface area contributed by atoms with Crippen LogP contribution in [0.15, 0.2) is 21.7 Å². The fourth-order valence-corrected chi connectivity index (χ4v) is 4.19. The Hall–Kier alpha value is -0.920. The molecule has 88 valence electrons. The van der Waals surface area contributed by atoms with Crippen LogP contribution in [0.3, 0.4) is 0 Å². The zero-order valence-electron chi connectivity index (χ0n) is 8.37. The van der Waals surface area contributed by atoms with Gasteiger partial charge in [-0.05, 0) is 24.3 Å². The summed E-state index contributed by atoms with van der Waals surface area (Å²) in [5.74, 6) is -1.12. The lowest BCUT2D eigenvalue weighted by Gasteiger charge is -2.18. The van der Waals surface area contributed by atoms with E-state index >= 15 is 0 Å². The number of hydrogen-bond donors (Lipinski definition) is 1. The zero-order chi connectivity index (χ0) is 11.8. The summed E-state index contributed by atoms with van der Waals surface area (Å²) in [4.78, 5) is 10.7. The predicted molar refractivity (Wildman–Crippen MR) is 58.9 cm³/mol. The van der Waals surface area contributed by atoms with Gasteiger partial charge in [0.05, 0.1) is 0 Å². The molecule has 0 saturated heterocycles. The highest BCUT2D eigenvalue weighted by atomic mass is 32.2. The van der Waals surface area contributed by atoms with E-state index in [0.717, 1.165) is 28.5 Å². The van der Waals surface area contributed by atoms with Gasteiger partial charge in [-0.15, -0.1) is 11.3 Å². The van der Waals surface area contributed by atoms with Crippen molar-refractivity contribution >= 4 is 27.3 Å². The standard InChI is InChI=1S/C9H11NO4S2/c11-8(12)6-10(7-3-4-7)16(13,14)9-2-1-5-15-9/h1-2,5,7H,3-4,6H2,(H,11,12). The van der Waals surface area contributed by atoms with E-state index in [2.05, 4.69) is 0 Å². The van der Waals surface area contributed by atoms with Crippen LogP contribution in [0.5, 0.6) is 0 Å². The van der Waals surface area contributed by atoms with E-state index in [1.54, 1.807) is 11.4 Å². The Kier molecular flexibility index (Phi) is 3.00. The molecule has 1 aromatic rings. The Bertz CT molecular complexity index is 476. The summed E-state index contributed by atoms with van der Waals surface area (Å²) in [5.41, 5.74) is 0. The van der Waals surface area contributed by atoms with Crippen LogP contribution in [0, 0.1) is 0 Å². The van der Waals surface area contributed by atoms with Gasteiger partial charge in [0.1, 0.15) is 10.8 Å². The lowest BCUT2D eigenvalue weighted by atomic mass is 10.6. The molecule has 1 N–H and O–H groups in total. The van der Waals surface area contributed by atoms with Gasteiger partial charge in [0.15, 0.2) is 0 Å². The second-order valence-electron chi connectivity index (χ2n) is 3.61. The molecule has 1 heterocycles. The number of sulfonamides is 1. The molecule has 0 bridgehead atoms. The number of carboxylic acid groups (broad SMARTS) is 1. The lowest BCUT2D eigenvalue weighted by Crippen LogP contribution is -2.37. The first-order chi connectivity index (χ1) is 7.51. The summed E-state index contributed by atoms with van der Waals surface area (Å²) < 4.78 is 25.5. The second-order valence-corrected chi connectivity index (χ2v) is 6.67. The van der Waals surface area contributed by atoms with Crippen molar-refractivity contribution in [3.8, 4) is 0 Å². The minimum absolute atomic E-state index is 0.136. The van der Waals surface area contributed by atoms with Crippen LogP contribution in [0.25, 0.3) is 0 Å². The Morgan fingerprint density at radius 1 is 1.56 bits per heavy atom. The van der Waals surface area contributed by atoms with Crippen LogP contribution < -0.4 is 0 Å². The largest absolute Gasteiger partial charge is 0.480 e. The topological polar surface area (TPSA) is 74.7 Å². The molecule has 2 rings (SSSR count). The molecule has 1 aliphatic rings. The van der Waals surface area contributed by atoms with Crippen molar-refractivity contribution < 1.29 is 18.3 Å². The molecule has 16 heavy (non-hydrogen) atoms. The molecule has 7 heteroatoms. The van der Waals surface area contributed by atoms with Crippen LogP contribution in [0.1, 0.15) is 12.8 Å². The fourth-order valence-electron chi connectivity index (χ4n) is 1.43. The van der Waals surface area contributed by atoms with Gasteiger partial charge in [0, 0.05) is 6.04 Å². The summed E-state index contributed by atoms with van der Waals surface area (Å²) in [5, 5.41) is 10.4. The molecule has 0 aliphatic heterocycles. The summed E-state index contributed by atoms with van der Waals surface area (Å²) in [6, 6.07) is 3.00. The van der Waals surface area contributed by atoms with Gasteiger partial charge in [-0.3, -0.25) is 4.79 Å². The summed E-state index contributed by atoms with van der Waals surface area (Å²) >= 11 is 1.11. The summed E-state index contributed by atoms with van der Waals surface area (Å²) in [7, 11) is -3.62. The molecule has 0 radical (unpaired) electrons. The van der Waals surface area contributed by atoms with Crippen molar-refractivity contribution in [1.82, 2.24) is 4.31 Å². The van der Waals surface area contributed by atoms with Gasteiger partial charge in [0.25, 0.3) is 10.0 Å². The number of hydrogen-bond acceptors (Lipinski definition) is 4. The first-order valence-corrected chi connectivity index (χ1v) is 7.11. The first kappa shape index (κ1) is 11.6. The van der Waals surface area contributed by atoms with Crippen LogP contribution in [0.4, 0.5) is 0 Å². The van der Waals surface area contributed by atoms with Crippen LogP contribution in [0.2, 0.25) is 0 Å². The highest BCUT2D eigenvalue weighted by Gasteiger charge is 2.39. The first-order valence-electron chi connectivity index (χ1n) is 4.79. The molecule has 0 unspecified atom stereocenters. The summed E-state index contributed by atoms with van der Waals surface area (Å²) in [6.07, 6.45) is 1.50. The zero-order valence-corrected chi connectivity index (χ0v) is 10.00. The highest BCUT2D eigenvalue weighted by Crippen LogP contribution is 2.32. The van der Waals surface area contributed by atoms with Crippen molar-refractivity contribution in [3.05, 3.63) is 17.5 Å². The average Bonchev–Trinajstić information content (AvgIpc) is 2.86. The van der Waals surface area contributed by atoms with E-state index in [-0.39, 0.29) is 10.3 Å². The SMILES string of the molecule is O=C(O)CN(C1CC1)S(=O)(=O)c1cccs1. The molecular weight excluding hydrogens is 250 g/mol. The Balaban J connectivity index is 2.29. The number of nitrogens with zero attached hydrogens (tertiary/aromatic N) is 1. The maximum absolute atomic E-state index is 12.1.